The van der Waals surface area contributed by atoms with Crippen molar-refractivity contribution in [2.24, 2.45) is 5.92 Å². The van der Waals surface area contributed by atoms with Gasteiger partial charge in [-0.1, -0.05) is 20.3 Å². The van der Waals surface area contributed by atoms with Gasteiger partial charge in [0.15, 0.2) is 0 Å². The predicted octanol–water partition coefficient (Wildman–Crippen LogP) is 3.66. The van der Waals surface area contributed by atoms with E-state index in [9.17, 15) is 0 Å². The maximum Gasteiger partial charge on any atom is 0.136 e. The highest BCUT2D eigenvalue weighted by Gasteiger charge is 2.28. The first-order valence-corrected chi connectivity index (χ1v) is 8.05. The molecule has 0 aliphatic heterocycles. The summed E-state index contributed by atoms with van der Waals surface area (Å²) >= 11 is 0. The van der Waals surface area contributed by atoms with Crippen molar-refractivity contribution in [1.82, 2.24) is 9.97 Å². The Morgan fingerprint density at radius 3 is 2.60 bits per heavy atom. The molecule has 1 saturated carbocycles. The summed E-state index contributed by atoms with van der Waals surface area (Å²) in [6, 6.07) is 2.10. The van der Waals surface area contributed by atoms with Crippen molar-refractivity contribution in [3.8, 4) is 0 Å². The van der Waals surface area contributed by atoms with Crippen molar-refractivity contribution in [2.75, 3.05) is 29.9 Å². The Morgan fingerprint density at radius 1 is 1.30 bits per heavy atom. The second-order valence-electron chi connectivity index (χ2n) is 5.83. The molecule has 2 rings (SSSR count). The lowest BCUT2D eigenvalue weighted by Gasteiger charge is -2.26. The smallest absolute Gasteiger partial charge is 0.136 e. The number of aromatic nitrogens is 2. The van der Waals surface area contributed by atoms with E-state index in [2.05, 4.69) is 49.0 Å². The number of rotatable bonds is 8. The zero-order valence-corrected chi connectivity index (χ0v) is 13.3. The monoisotopic (exact) mass is 276 g/mol. The van der Waals surface area contributed by atoms with E-state index in [1.54, 1.807) is 0 Å². The van der Waals surface area contributed by atoms with E-state index in [1.807, 2.05) is 0 Å². The van der Waals surface area contributed by atoms with Gasteiger partial charge >= 0.3 is 0 Å². The molecule has 1 aliphatic carbocycles. The first-order valence-electron chi connectivity index (χ1n) is 8.05. The van der Waals surface area contributed by atoms with Gasteiger partial charge in [-0.05, 0) is 32.6 Å². The lowest BCUT2D eigenvalue weighted by Crippen LogP contribution is -2.29. The first kappa shape index (κ1) is 15.1. The Hall–Kier alpha value is -1.32. The van der Waals surface area contributed by atoms with Crippen molar-refractivity contribution in [3.63, 3.8) is 0 Å². The van der Waals surface area contributed by atoms with Crippen LogP contribution < -0.4 is 10.2 Å². The minimum Gasteiger partial charge on any atom is -0.370 e. The van der Waals surface area contributed by atoms with Crippen LogP contribution >= 0.6 is 0 Å². The van der Waals surface area contributed by atoms with Crippen LogP contribution in [0.3, 0.4) is 0 Å². The quantitative estimate of drug-likeness (QED) is 0.786. The number of hydrogen-bond donors (Lipinski definition) is 1. The fourth-order valence-corrected chi connectivity index (χ4v) is 2.30. The first-order chi connectivity index (χ1) is 9.67. The van der Waals surface area contributed by atoms with Gasteiger partial charge in [0.1, 0.15) is 17.5 Å². The molecule has 1 N–H and O–H groups in total. The van der Waals surface area contributed by atoms with Crippen molar-refractivity contribution >= 4 is 11.6 Å². The molecule has 1 aromatic rings. The van der Waals surface area contributed by atoms with E-state index in [1.165, 1.54) is 19.3 Å². The fraction of sp³-hybridized carbons (Fsp3) is 0.750. The molecule has 112 valence electrons. The molecular weight excluding hydrogens is 248 g/mol. The van der Waals surface area contributed by atoms with Gasteiger partial charge in [0, 0.05) is 31.6 Å². The summed E-state index contributed by atoms with van der Waals surface area (Å²) in [5, 5.41) is 3.34. The van der Waals surface area contributed by atoms with Gasteiger partial charge in [-0.2, -0.15) is 0 Å². The van der Waals surface area contributed by atoms with Crippen LogP contribution in [0.2, 0.25) is 0 Å². The van der Waals surface area contributed by atoms with Crippen LogP contribution in [0.1, 0.15) is 58.7 Å². The maximum atomic E-state index is 4.81. The van der Waals surface area contributed by atoms with Gasteiger partial charge < -0.3 is 10.2 Å². The molecule has 1 atom stereocenters. The summed E-state index contributed by atoms with van der Waals surface area (Å²) in [6.07, 6.45) is 3.69. The van der Waals surface area contributed by atoms with Crippen molar-refractivity contribution in [3.05, 3.63) is 11.9 Å². The number of nitrogens with one attached hydrogen (secondary N) is 1. The fourth-order valence-electron chi connectivity index (χ4n) is 2.30. The molecule has 4 nitrogen and oxygen atoms in total. The Labute approximate surface area is 123 Å². The molecule has 1 aliphatic rings. The molecule has 4 heteroatoms. The van der Waals surface area contributed by atoms with Gasteiger partial charge in [-0.25, -0.2) is 9.97 Å². The van der Waals surface area contributed by atoms with E-state index in [4.69, 9.17) is 4.98 Å². The number of hydrogen-bond acceptors (Lipinski definition) is 4. The highest BCUT2D eigenvalue weighted by Crippen LogP contribution is 2.39. The predicted molar refractivity (Wildman–Crippen MR) is 85.5 cm³/mol. The topological polar surface area (TPSA) is 41.0 Å². The molecule has 0 saturated heterocycles. The van der Waals surface area contributed by atoms with Crippen LogP contribution in [0.25, 0.3) is 0 Å². The van der Waals surface area contributed by atoms with Gasteiger partial charge in [-0.3, -0.25) is 0 Å². The molecular formula is C16H28N4. The second-order valence-corrected chi connectivity index (χ2v) is 5.83. The van der Waals surface area contributed by atoms with Crippen LogP contribution in [0.15, 0.2) is 6.07 Å². The number of anilines is 2. The minimum absolute atomic E-state index is 0.592. The molecule has 0 amide bonds. The Kier molecular flexibility index (Phi) is 5.21. The van der Waals surface area contributed by atoms with Crippen molar-refractivity contribution < 1.29 is 0 Å². The van der Waals surface area contributed by atoms with Crippen LogP contribution in [0.4, 0.5) is 11.6 Å². The van der Waals surface area contributed by atoms with Gasteiger partial charge in [0.25, 0.3) is 0 Å². The largest absolute Gasteiger partial charge is 0.370 e. The highest BCUT2D eigenvalue weighted by molar-refractivity contribution is 5.50. The summed E-state index contributed by atoms with van der Waals surface area (Å²) < 4.78 is 0. The van der Waals surface area contributed by atoms with E-state index in [-0.39, 0.29) is 0 Å². The summed E-state index contributed by atoms with van der Waals surface area (Å²) in [5.74, 6) is 4.37. The molecule has 1 heterocycles. The lowest BCUT2D eigenvalue weighted by atomic mass is 10.1. The average molecular weight is 276 g/mol. The summed E-state index contributed by atoms with van der Waals surface area (Å²) in [6.45, 7) is 11.8. The van der Waals surface area contributed by atoms with E-state index in [0.29, 0.717) is 11.8 Å². The summed E-state index contributed by atoms with van der Waals surface area (Å²) in [5.41, 5.74) is 0. The van der Waals surface area contributed by atoms with E-state index in [0.717, 1.165) is 37.1 Å². The van der Waals surface area contributed by atoms with Crippen molar-refractivity contribution in [2.45, 2.75) is 52.9 Å². The molecule has 20 heavy (non-hydrogen) atoms. The molecule has 0 radical (unpaired) electrons. The Morgan fingerprint density at radius 2 is 2.05 bits per heavy atom. The third kappa shape index (κ3) is 3.84. The zero-order chi connectivity index (χ0) is 14.5. The maximum absolute atomic E-state index is 4.81. The highest BCUT2D eigenvalue weighted by atomic mass is 15.2. The molecule has 0 spiro atoms. The van der Waals surface area contributed by atoms with Crippen LogP contribution in [-0.4, -0.2) is 29.6 Å². The summed E-state index contributed by atoms with van der Waals surface area (Å²) in [4.78, 5) is 11.8. The van der Waals surface area contributed by atoms with Crippen LogP contribution in [0, 0.1) is 5.92 Å². The van der Waals surface area contributed by atoms with Gasteiger partial charge in [0.05, 0.1) is 0 Å². The van der Waals surface area contributed by atoms with Crippen LogP contribution in [-0.2, 0) is 0 Å². The second kappa shape index (κ2) is 6.91. The molecule has 1 fully saturated rings. The molecule has 1 unspecified atom stereocenters. The third-order valence-electron chi connectivity index (χ3n) is 3.97. The Balaban J connectivity index is 2.22. The molecule has 0 bridgehead atoms. The van der Waals surface area contributed by atoms with Crippen LogP contribution in [0.5, 0.6) is 0 Å². The zero-order valence-electron chi connectivity index (χ0n) is 13.3. The van der Waals surface area contributed by atoms with E-state index >= 15 is 0 Å². The summed E-state index contributed by atoms with van der Waals surface area (Å²) in [7, 11) is 0. The average Bonchev–Trinajstić information content (AvgIpc) is 3.29. The number of nitrogens with zero attached hydrogens (tertiary/aromatic N) is 3. The minimum atomic E-state index is 0.592. The third-order valence-corrected chi connectivity index (χ3v) is 3.97. The van der Waals surface area contributed by atoms with Gasteiger partial charge in [0.2, 0.25) is 0 Å². The molecule has 0 aromatic carbocycles. The SMILES string of the molecule is CCNc1cc(N(CC)CC(C)CC)nc(C2CC2)n1. The lowest BCUT2D eigenvalue weighted by molar-refractivity contribution is 0.545. The normalized spacial score (nSPS) is 16.0. The standard InChI is InChI=1S/C16H28N4/c1-5-12(4)11-20(7-3)15-10-14(17-6-2)18-16(19-15)13-8-9-13/h10,12-13H,5-9,11H2,1-4H3,(H,17,18,19). The van der Waals surface area contributed by atoms with Crippen molar-refractivity contribution in [1.29, 1.82) is 0 Å². The Bertz CT molecular complexity index is 428. The molecule has 1 aromatic heterocycles. The van der Waals surface area contributed by atoms with E-state index < -0.39 is 0 Å². The van der Waals surface area contributed by atoms with Gasteiger partial charge in [-0.15, -0.1) is 0 Å².